The number of benzene rings is 1. The summed E-state index contributed by atoms with van der Waals surface area (Å²) in [6.45, 7) is 1.78. The average Bonchev–Trinajstić information content (AvgIpc) is 2.58. The van der Waals surface area contributed by atoms with Crippen LogP contribution >= 0.6 is 28.1 Å². The van der Waals surface area contributed by atoms with Gasteiger partial charge in [-0.1, -0.05) is 15.9 Å². The van der Waals surface area contributed by atoms with Gasteiger partial charge in [0.1, 0.15) is 11.6 Å². The molecule has 0 saturated carbocycles. The number of hydrogen-bond acceptors (Lipinski definition) is 3. The first kappa shape index (κ1) is 12.1. The first-order chi connectivity index (χ1) is 8.08. The molecule has 88 valence electrons. The largest absolute Gasteiger partial charge is 0.250 e. The van der Waals surface area contributed by atoms with Crippen molar-refractivity contribution >= 4 is 34.4 Å². The summed E-state index contributed by atoms with van der Waals surface area (Å²) in [5, 5.41) is 10.7. The van der Waals surface area contributed by atoms with Gasteiger partial charge in [0.25, 0.3) is 0 Å². The van der Waals surface area contributed by atoms with Crippen LogP contribution in [0.4, 0.5) is 4.39 Å². The normalized spacial score (nSPS) is 11.2. The third-order valence-electron chi connectivity index (χ3n) is 2.09. The van der Waals surface area contributed by atoms with E-state index in [2.05, 4.69) is 31.2 Å². The molecule has 0 bridgehead atoms. The van der Waals surface area contributed by atoms with E-state index in [1.165, 1.54) is 16.8 Å². The fraction of sp³-hybridized carbons (Fsp3) is 0.100. The molecule has 17 heavy (non-hydrogen) atoms. The Labute approximate surface area is 110 Å². The van der Waals surface area contributed by atoms with E-state index < -0.39 is 0 Å². The highest BCUT2D eigenvalue weighted by Gasteiger charge is 2.00. The lowest BCUT2D eigenvalue weighted by atomic mass is 10.2. The van der Waals surface area contributed by atoms with Crippen molar-refractivity contribution in [1.29, 1.82) is 0 Å². The molecule has 0 aliphatic carbocycles. The molecule has 2 aromatic rings. The van der Waals surface area contributed by atoms with Crippen LogP contribution in [0.1, 0.15) is 11.4 Å². The maximum atomic E-state index is 12.9. The Bertz CT molecular complexity index is 631. The highest BCUT2D eigenvalue weighted by atomic mass is 79.9. The van der Waals surface area contributed by atoms with Gasteiger partial charge in [0.05, 0.1) is 6.21 Å². The quantitative estimate of drug-likeness (QED) is 0.684. The van der Waals surface area contributed by atoms with Crippen LogP contribution in [-0.2, 0) is 0 Å². The predicted octanol–water partition coefficient (Wildman–Crippen LogP) is 3.03. The molecule has 1 heterocycles. The molecule has 7 heteroatoms. The summed E-state index contributed by atoms with van der Waals surface area (Å²) >= 11 is 8.26. The number of aryl methyl sites for hydroxylation is 1. The lowest BCUT2D eigenvalue weighted by Gasteiger charge is -1.98. The summed E-state index contributed by atoms with van der Waals surface area (Å²) in [5.74, 6) is 0.356. The Morgan fingerprint density at radius 1 is 1.59 bits per heavy atom. The molecule has 2 rings (SSSR count). The molecule has 0 saturated heterocycles. The third-order valence-corrected chi connectivity index (χ3v) is 3.04. The molecule has 0 amide bonds. The number of aromatic amines is 1. The second-order valence-corrected chi connectivity index (χ2v) is 4.54. The summed E-state index contributed by atoms with van der Waals surface area (Å²) in [6, 6.07) is 4.37. The van der Waals surface area contributed by atoms with Crippen molar-refractivity contribution in [2.24, 2.45) is 5.10 Å². The summed E-state index contributed by atoms with van der Waals surface area (Å²) in [6.07, 6.45) is 1.59. The van der Waals surface area contributed by atoms with Gasteiger partial charge < -0.3 is 0 Å². The number of rotatable bonds is 2. The SMILES string of the molecule is Cc1n[nH]c(=S)n1N=Cc1ccc(F)cc1Br. The summed E-state index contributed by atoms with van der Waals surface area (Å²) in [4.78, 5) is 0. The highest BCUT2D eigenvalue weighted by molar-refractivity contribution is 9.10. The Hall–Kier alpha value is -1.34. The van der Waals surface area contributed by atoms with Crippen molar-refractivity contribution in [2.45, 2.75) is 6.92 Å². The monoisotopic (exact) mass is 314 g/mol. The van der Waals surface area contributed by atoms with Gasteiger partial charge in [0, 0.05) is 10.0 Å². The molecule has 0 atom stereocenters. The molecule has 0 radical (unpaired) electrons. The van der Waals surface area contributed by atoms with E-state index in [0.29, 0.717) is 15.1 Å². The van der Waals surface area contributed by atoms with Gasteiger partial charge in [-0.3, -0.25) is 5.10 Å². The molecular weight excluding hydrogens is 307 g/mol. The number of hydrogen-bond donors (Lipinski definition) is 1. The standard InChI is InChI=1S/C10H8BrFN4S/c1-6-14-15-10(17)16(6)13-5-7-2-3-8(12)4-9(7)11/h2-5H,1H3,(H,15,17). The van der Waals surface area contributed by atoms with Crippen LogP contribution in [-0.4, -0.2) is 21.1 Å². The minimum Gasteiger partial charge on any atom is -0.250 e. The van der Waals surface area contributed by atoms with Crippen LogP contribution < -0.4 is 0 Å². The fourth-order valence-electron chi connectivity index (χ4n) is 1.23. The van der Waals surface area contributed by atoms with Crippen molar-refractivity contribution < 1.29 is 4.39 Å². The van der Waals surface area contributed by atoms with Crippen LogP contribution in [0.5, 0.6) is 0 Å². The van der Waals surface area contributed by atoms with Gasteiger partial charge in [0.15, 0.2) is 0 Å². The molecule has 1 aromatic heterocycles. The van der Waals surface area contributed by atoms with Crippen LogP contribution in [0, 0.1) is 17.5 Å². The van der Waals surface area contributed by atoms with Gasteiger partial charge >= 0.3 is 0 Å². The molecule has 0 fully saturated rings. The maximum absolute atomic E-state index is 12.9. The van der Waals surface area contributed by atoms with Gasteiger partial charge in [-0.15, -0.1) is 0 Å². The van der Waals surface area contributed by atoms with Crippen molar-refractivity contribution in [1.82, 2.24) is 14.9 Å². The van der Waals surface area contributed by atoms with Crippen molar-refractivity contribution in [3.63, 3.8) is 0 Å². The molecule has 0 unspecified atom stereocenters. The topological polar surface area (TPSA) is 46.0 Å². The van der Waals surface area contributed by atoms with Gasteiger partial charge in [0.2, 0.25) is 4.77 Å². The first-order valence-corrected chi connectivity index (χ1v) is 5.91. The van der Waals surface area contributed by atoms with Gasteiger partial charge in [-0.25, -0.2) is 4.39 Å². The number of halogens is 2. The minimum absolute atomic E-state index is 0.301. The molecule has 1 N–H and O–H groups in total. The summed E-state index contributed by atoms with van der Waals surface area (Å²) in [5.41, 5.74) is 0.758. The van der Waals surface area contributed by atoms with E-state index in [4.69, 9.17) is 12.2 Å². The second kappa shape index (κ2) is 4.89. The van der Waals surface area contributed by atoms with Crippen LogP contribution in [0.15, 0.2) is 27.8 Å². The van der Waals surface area contributed by atoms with E-state index in [1.807, 2.05) is 0 Å². The minimum atomic E-state index is -0.301. The first-order valence-electron chi connectivity index (χ1n) is 4.71. The summed E-state index contributed by atoms with van der Waals surface area (Å²) < 4.78 is 15.4. The molecule has 0 spiro atoms. The Morgan fingerprint density at radius 2 is 2.35 bits per heavy atom. The molecule has 1 aromatic carbocycles. The lowest BCUT2D eigenvalue weighted by molar-refractivity contribution is 0.627. The number of H-pyrrole nitrogens is 1. The lowest BCUT2D eigenvalue weighted by Crippen LogP contribution is -1.94. The molecule has 0 aliphatic heterocycles. The Morgan fingerprint density at radius 3 is 2.94 bits per heavy atom. The third kappa shape index (κ3) is 2.67. The van der Waals surface area contributed by atoms with Crippen LogP contribution in [0.2, 0.25) is 0 Å². The zero-order valence-electron chi connectivity index (χ0n) is 8.82. The van der Waals surface area contributed by atoms with Crippen LogP contribution in [0.25, 0.3) is 0 Å². The number of nitrogens with one attached hydrogen (secondary N) is 1. The van der Waals surface area contributed by atoms with E-state index >= 15 is 0 Å². The molecule has 4 nitrogen and oxygen atoms in total. The zero-order chi connectivity index (χ0) is 12.4. The molecular formula is C10H8BrFN4S. The highest BCUT2D eigenvalue weighted by Crippen LogP contribution is 2.16. The smallest absolute Gasteiger partial charge is 0.216 e. The predicted molar refractivity (Wildman–Crippen MR) is 69.2 cm³/mol. The van der Waals surface area contributed by atoms with E-state index in [0.717, 1.165) is 5.56 Å². The van der Waals surface area contributed by atoms with Crippen LogP contribution in [0.3, 0.4) is 0 Å². The Kier molecular flexibility index (Phi) is 3.49. The van der Waals surface area contributed by atoms with Crippen molar-refractivity contribution in [3.05, 3.63) is 44.6 Å². The summed E-state index contributed by atoms with van der Waals surface area (Å²) in [7, 11) is 0. The molecule has 0 aliphatic rings. The van der Waals surface area contributed by atoms with E-state index in [1.54, 1.807) is 19.2 Å². The van der Waals surface area contributed by atoms with Gasteiger partial charge in [-0.2, -0.15) is 14.9 Å². The van der Waals surface area contributed by atoms with Crippen molar-refractivity contribution in [2.75, 3.05) is 0 Å². The maximum Gasteiger partial charge on any atom is 0.216 e. The second-order valence-electron chi connectivity index (χ2n) is 3.30. The number of aromatic nitrogens is 3. The average molecular weight is 315 g/mol. The van der Waals surface area contributed by atoms with E-state index in [-0.39, 0.29) is 5.82 Å². The van der Waals surface area contributed by atoms with Gasteiger partial charge in [-0.05, 0) is 37.3 Å². The van der Waals surface area contributed by atoms with Crippen molar-refractivity contribution in [3.8, 4) is 0 Å². The number of nitrogens with zero attached hydrogens (tertiary/aromatic N) is 3. The fourth-order valence-corrected chi connectivity index (χ4v) is 1.91. The van der Waals surface area contributed by atoms with E-state index in [9.17, 15) is 4.39 Å². The Balaban J connectivity index is 2.36. The zero-order valence-corrected chi connectivity index (χ0v) is 11.2.